The van der Waals surface area contributed by atoms with E-state index < -0.39 is 12.4 Å². The molecule has 1 aromatic carbocycles. The van der Waals surface area contributed by atoms with Crippen molar-refractivity contribution in [1.82, 2.24) is 0 Å². The fourth-order valence-electron chi connectivity index (χ4n) is 1.60. The van der Waals surface area contributed by atoms with E-state index in [-0.39, 0.29) is 56.9 Å². The van der Waals surface area contributed by atoms with Crippen LogP contribution < -0.4 is 61.6 Å². The quantitative estimate of drug-likeness (QED) is 0.515. The van der Waals surface area contributed by atoms with Gasteiger partial charge in [0.15, 0.2) is 0 Å². The Morgan fingerprint density at radius 2 is 1.84 bits per heavy atom. The Morgan fingerprint density at radius 1 is 1.16 bits per heavy atom. The first-order chi connectivity index (χ1) is 8.45. The van der Waals surface area contributed by atoms with Gasteiger partial charge in [-0.15, -0.1) is 5.46 Å². The van der Waals surface area contributed by atoms with Crippen LogP contribution in [0.4, 0.5) is 12.9 Å². The summed E-state index contributed by atoms with van der Waals surface area (Å²) in [7, 11) is 0. The van der Waals surface area contributed by atoms with Crippen molar-refractivity contribution < 1.29 is 73.8 Å². The molecule has 0 atom stereocenters. The van der Waals surface area contributed by atoms with E-state index in [2.05, 4.69) is 0 Å². The van der Waals surface area contributed by atoms with Crippen LogP contribution in [0, 0.1) is 6.92 Å². The van der Waals surface area contributed by atoms with Crippen LogP contribution >= 0.6 is 0 Å². The molecule has 0 radical (unpaired) electrons. The molecule has 0 fully saturated rings. The maximum absolute atomic E-state index is 12.6. The van der Waals surface area contributed by atoms with Gasteiger partial charge in [0.1, 0.15) is 5.75 Å². The standard InChI is InChI=1S/C12H17BF3O2.K/c1-3-17-7-4-8-18-11-5-6-12(10(2)9-11)13(14,15)16;/h5-6,9H,3-4,7-8H2,1-2H3;/q-1;+1. The van der Waals surface area contributed by atoms with Gasteiger partial charge in [0.25, 0.3) is 0 Å². The van der Waals surface area contributed by atoms with Gasteiger partial charge in [-0.2, -0.15) is 0 Å². The van der Waals surface area contributed by atoms with Crippen LogP contribution in [0.25, 0.3) is 0 Å². The molecule has 0 unspecified atom stereocenters. The molecule has 19 heavy (non-hydrogen) atoms. The van der Waals surface area contributed by atoms with Gasteiger partial charge in [-0.25, -0.2) is 0 Å². The molecule has 0 amide bonds. The summed E-state index contributed by atoms with van der Waals surface area (Å²) in [6.45, 7) is 0.0921. The summed E-state index contributed by atoms with van der Waals surface area (Å²) in [6, 6.07) is 3.86. The predicted octanol–water partition coefficient (Wildman–Crippen LogP) is -0.141. The molecular weight excluding hydrogens is 283 g/mol. The Morgan fingerprint density at radius 3 is 2.37 bits per heavy atom. The molecule has 0 bridgehead atoms. The van der Waals surface area contributed by atoms with Crippen LogP contribution in [0.3, 0.4) is 0 Å². The number of hydrogen-bond acceptors (Lipinski definition) is 2. The van der Waals surface area contributed by atoms with Crippen molar-refractivity contribution in [1.29, 1.82) is 0 Å². The third kappa shape index (κ3) is 7.15. The maximum atomic E-state index is 12.6. The molecule has 2 nitrogen and oxygen atoms in total. The number of benzene rings is 1. The molecule has 0 aliphatic carbocycles. The Bertz CT molecular complexity index is 386. The van der Waals surface area contributed by atoms with E-state index in [0.717, 1.165) is 12.5 Å². The zero-order valence-electron chi connectivity index (χ0n) is 11.6. The first-order valence-electron chi connectivity index (χ1n) is 5.96. The summed E-state index contributed by atoms with van der Waals surface area (Å²) in [5.41, 5.74) is -0.360. The van der Waals surface area contributed by atoms with Crippen LogP contribution in [-0.2, 0) is 4.74 Å². The molecule has 0 spiro atoms. The number of ether oxygens (including phenoxy) is 2. The summed E-state index contributed by atoms with van der Waals surface area (Å²) in [5.74, 6) is 0.466. The average molecular weight is 300 g/mol. The molecule has 0 aromatic heterocycles. The van der Waals surface area contributed by atoms with Gasteiger partial charge in [-0.1, -0.05) is 11.6 Å². The number of aryl methyl sites for hydroxylation is 1. The summed E-state index contributed by atoms with van der Waals surface area (Å²) >= 11 is 0. The van der Waals surface area contributed by atoms with Crippen LogP contribution in [0.1, 0.15) is 18.9 Å². The minimum atomic E-state index is -4.95. The molecule has 0 N–H and O–H groups in total. The Kier molecular flexibility index (Phi) is 9.65. The number of hydrogen-bond donors (Lipinski definition) is 0. The van der Waals surface area contributed by atoms with Crippen molar-refractivity contribution in [3.05, 3.63) is 23.8 Å². The third-order valence-corrected chi connectivity index (χ3v) is 2.50. The zero-order chi connectivity index (χ0) is 13.6. The van der Waals surface area contributed by atoms with Gasteiger partial charge >= 0.3 is 58.4 Å². The van der Waals surface area contributed by atoms with Gasteiger partial charge < -0.3 is 22.4 Å². The molecule has 0 saturated heterocycles. The smallest absolute Gasteiger partial charge is 0.494 e. The van der Waals surface area contributed by atoms with Crippen LogP contribution in [0.15, 0.2) is 18.2 Å². The minimum Gasteiger partial charge on any atom is -0.494 e. The van der Waals surface area contributed by atoms with Gasteiger partial charge in [0.2, 0.25) is 0 Å². The van der Waals surface area contributed by atoms with Gasteiger partial charge in [0, 0.05) is 19.6 Å². The third-order valence-electron chi connectivity index (χ3n) is 2.50. The second kappa shape index (κ2) is 9.42. The molecule has 1 aromatic rings. The summed E-state index contributed by atoms with van der Waals surface area (Å²) in [5, 5.41) is 0. The molecule has 0 aliphatic rings. The van der Waals surface area contributed by atoms with E-state index in [1.54, 1.807) is 0 Å². The van der Waals surface area contributed by atoms with Gasteiger partial charge in [0.05, 0.1) is 6.61 Å². The summed E-state index contributed by atoms with van der Waals surface area (Å²) < 4.78 is 48.2. The second-order valence-corrected chi connectivity index (χ2v) is 3.99. The first kappa shape index (κ1) is 19.5. The maximum Gasteiger partial charge on any atom is 1.00 e. The Balaban J connectivity index is 0.00000324. The van der Waals surface area contributed by atoms with E-state index >= 15 is 0 Å². The molecule has 0 aliphatic heterocycles. The van der Waals surface area contributed by atoms with E-state index in [1.807, 2.05) is 6.92 Å². The van der Waals surface area contributed by atoms with Crippen LogP contribution in [0.5, 0.6) is 5.75 Å². The Hall–Kier alpha value is 0.471. The fourth-order valence-corrected chi connectivity index (χ4v) is 1.60. The van der Waals surface area contributed by atoms with E-state index in [0.29, 0.717) is 25.6 Å². The topological polar surface area (TPSA) is 18.5 Å². The van der Waals surface area contributed by atoms with Crippen molar-refractivity contribution in [3.63, 3.8) is 0 Å². The number of rotatable bonds is 7. The molecular formula is C12H17BF3KO2. The fraction of sp³-hybridized carbons (Fsp3) is 0.500. The first-order valence-corrected chi connectivity index (χ1v) is 5.96. The Labute approximate surface area is 154 Å². The van der Waals surface area contributed by atoms with Crippen molar-refractivity contribution in [2.75, 3.05) is 19.8 Å². The van der Waals surface area contributed by atoms with Crippen LogP contribution in [-0.4, -0.2) is 26.8 Å². The van der Waals surface area contributed by atoms with Gasteiger partial charge in [-0.3, -0.25) is 0 Å². The second-order valence-electron chi connectivity index (χ2n) is 3.99. The predicted molar refractivity (Wildman–Crippen MR) is 66.5 cm³/mol. The van der Waals surface area contributed by atoms with Crippen LogP contribution in [0.2, 0.25) is 0 Å². The van der Waals surface area contributed by atoms with Crippen molar-refractivity contribution in [2.24, 2.45) is 0 Å². The van der Waals surface area contributed by atoms with E-state index in [1.165, 1.54) is 19.1 Å². The van der Waals surface area contributed by atoms with Crippen molar-refractivity contribution in [2.45, 2.75) is 20.3 Å². The van der Waals surface area contributed by atoms with Gasteiger partial charge in [-0.05, 0) is 26.0 Å². The molecule has 1 rings (SSSR count). The monoisotopic (exact) mass is 300 g/mol. The van der Waals surface area contributed by atoms with E-state index in [4.69, 9.17) is 9.47 Å². The normalized spacial score (nSPS) is 11.0. The molecule has 7 heteroatoms. The number of halogens is 3. The molecule has 102 valence electrons. The molecule has 0 saturated carbocycles. The zero-order valence-corrected chi connectivity index (χ0v) is 14.7. The average Bonchev–Trinajstić information content (AvgIpc) is 2.27. The molecule has 0 heterocycles. The minimum absolute atomic E-state index is 0. The largest absolute Gasteiger partial charge is 1.00 e. The summed E-state index contributed by atoms with van der Waals surface area (Å²) in [4.78, 5) is 0. The van der Waals surface area contributed by atoms with Crippen molar-refractivity contribution >= 4 is 12.4 Å². The van der Waals surface area contributed by atoms with Crippen molar-refractivity contribution in [3.8, 4) is 5.75 Å². The van der Waals surface area contributed by atoms with E-state index in [9.17, 15) is 12.9 Å². The summed E-state index contributed by atoms with van der Waals surface area (Å²) in [6.07, 6.45) is 0.720. The SMILES string of the molecule is CCOCCCOc1ccc([B-](F)(F)F)c(C)c1.[K+].